The Morgan fingerprint density at radius 3 is 2.27 bits per heavy atom. The fourth-order valence-corrected chi connectivity index (χ4v) is 5.74. The second-order valence-electron chi connectivity index (χ2n) is 7.77. The maximum Gasteiger partial charge on any atom is 0.353 e. The Morgan fingerprint density at radius 2 is 1.76 bits per heavy atom. The minimum Gasteiger partial charge on any atom is -0.477 e. The number of carboxylic acid groups (broad SMARTS) is 1. The highest BCUT2D eigenvalue weighted by molar-refractivity contribution is 8.01. The van der Waals surface area contributed by atoms with Gasteiger partial charge in [-0.2, -0.15) is 0 Å². The van der Waals surface area contributed by atoms with Crippen molar-refractivity contribution in [1.82, 2.24) is 9.97 Å². The Bertz CT molecular complexity index is 1210. The molecule has 0 atom stereocenters. The number of nitrogens with zero attached hydrogens (tertiary/aromatic N) is 2. The van der Waals surface area contributed by atoms with Gasteiger partial charge in [0.05, 0.1) is 9.90 Å². The van der Waals surface area contributed by atoms with E-state index >= 15 is 0 Å². The van der Waals surface area contributed by atoms with E-state index in [1.54, 1.807) is 43.0 Å². The predicted molar refractivity (Wildman–Crippen MR) is 134 cm³/mol. The number of aromatic nitrogens is 2. The van der Waals surface area contributed by atoms with Crippen LogP contribution >= 0.6 is 23.1 Å². The van der Waals surface area contributed by atoms with Crippen LogP contribution in [0.3, 0.4) is 0 Å². The van der Waals surface area contributed by atoms with Gasteiger partial charge in [0.2, 0.25) is 0 Å². The van der Waals surface area contributed by atoms with Crippen molar-refractivity contribution < 1.29 is 14.3 Å². The van der Waals surface area contributed by atoms with Gasteiger partial charge in [-0.1, -0.05) is 25.2 Å². The Hall–Kier alpha value is -3.04. The van der Waals surface area contributed by atoms with E-state index < -0.39 is 5.97 Å². The van der Waals surface area contributed by atoms with Crippen LogP contribution in [0.1, 0.15) is 37.7 Å². The van der Waals surface area contributed by atoms with E-state index in [0.29, 0.717) is 16.4 Å². The Kier molecular flexibility index (Phi) is 7.65. The summed E-state index contributed by atoms with van der Waals surface area (Å²) < 4.78 is 14.3. The molecule has 0 amide bonds. The van der Waals surface area contributed by atoms with E-state index in [1.807, 2.05) is 13.8 Å². The first-order chi connectivity index (χ1) is 15.5. The number of pyridine rings is 1. The number of hydrogen-bond donors (Lipinski definition) is 3. The lowest BCUT2D eigenvalue weighted by molar-refractivity contribution is -0.132. The van der Waals surface area contributed by atoms with Crippen LogP contribution in [0.2, 0.25) is 0 Å². The summed E-state index contributed by atoms with van der Waals surface area (Å²) in [7, 11) is 0. The maximum atomic E-state index is 13.4. The van der Waals surface area contributed by atoms with Gasteiger partial charge in [0.1, 0.15) is 11.5 Å². The number of anilines is 1. The van der Waals surface area contributed by atoms with Crippen LogP contribution in [0, 0.1) is 25.1 Å². The summed E-state index contributed by atoms with van der Waals surface area (Å²) in [5.41, 5.74) is 3.72. The monoisotopic (exact) mass is 484 g/mol. The Balaban J connectivity index is 2.13. The SMILES string of the molecule is CC(=N)/C(=C(\Nc1nc(-c2ccc(F)cc2)c(SC(C)C)s1)C(=O)O)c1cc(C)nc(C)c1. The standard InChI is InChI=1S/C24H25FN4O2S2/c1-12(2)32-23-20(16-6-8-18(25)9-7-16)28-24(33-23)29-21(22(30)31)19(15(5)26)17-10-13(3)27-14(4)11-17/h6-12,26H,1-5H3,(H,28,29)(H,30,31)/b21-19+,26-15?. The molecule has 0 bridgehead atoms. The van der Waals surface area contributed by atoms with Gasteiger partial charge in [-0.05, 0) is 62.7 Å². The van der Waals surface area contributed by atoms with Gasteiger partial charge in [0.25, 0.3) is 0 Å². The first kappa shape index (κ1) is 24.6. The van der Waals surface area contributed by atoms with Crippen molar-refractivity contribution in [2.24, 2.45) is 0 Å². The predicted octanol–water partition coefficient (Wildman–Crippen LogP) is 6.41. The topological polar surface area (TPSA) is 99.0 Å². The molecule has 0 fully saturated rings. The molecule has 2 heterocycles. The van der Waals surface area contributed by atoms with E-state index in [2.05, 4.69) is 29.1 Å². The van der Waals surface area contributed by atoms with Crippen molar-refractivity contribution in [3.8, 4) is 11.3 Å². The van der Waals surface area contributed by atoms with Crippen LogP contribution in [0.5, 0.6) is 0 Å². The molecular weight excluding hydrogens is 459 g/mol. The maximum absolute atomic E-state index is 13.4. The first-order valence-corrected chi connectivity index (χ1v) is 11.9. The fraction of sp³-hybridized carbons (Fsp3) is 0.250. The third-order valence-electron chi connectivity index (χ3n) is 4.50. The van der Waals surface area contributed by atoms with Gasteiger partial charge >= 0.3 is 5.97 Å². The molecular formula is C24H25FN4O2S2. The van der Waals surface area contributed by atoms with Gasteiger partial charge in [-0.3, -0.25) is 4.98 Å². The number of halogens is 1. The highest BCUT2D eigenvalue weighted by Crippen LogP contribution is 2.41. The number of allylic oxidation sites excluding steroid dienone is 1. The van der Waals surface area contributed by atoms with Gasteiger partial charge in [0.15, 0.2) is 5.13 Å². The Morgan fingerprint density at radius 1 is 1.15 bits per heavy atom. The quantitative estimate of drug-likeness (QED) is 0.194. The van der Waals surface area contributed by atoms with E-state index in [1.165, 1.54) is 23.5 Å². The number of rotatable bonds is 8. The number of aryl methyl sites for hydroxylation is 2. The molecule has 0 aliphatic carbocycles. The molecule has 0 saturated carbocycles. The molecule has 0 spiro atoms. The van der Waals surface area contributed by atoms with Crippen LogP contribution in [-0.4, -0.2) is 32.0 Å². The number of hydrogen-bond acceptors (Lipinski definition) is 7. The molecule has 3 rings (SSSR count). The summed E-state index contributed by atoms with van der Waals surface area (Å²) >= 11 is 2.93. The van der Waals surface area contributed by atoms with Crippen molar-refractivity contribution in [2.45, 2.75) is 44.1 Å². The lowest BCUT2D eigenvalue weighted by atomic mass is 9.99. The summed E-state index contributed by atoms with van der Waals surface area (Å²) in [6, 6.07) is 9.58. The van der Waals surface area contributed by atoms with Crippen LogP contribution in [0.15, 0.2) is 46.3 Å². The van der Waals surface area contributed by atoms with Gasteiger partial charge in [0, 0.05) is 33.5 Å². The summed E-state index contributed by atoms with van der Waals surface area (Å²) in [5.74, 6) is -1.53. The summed E-state index contributed by atoms with van der Waals surface area (Å²) in [4.78, 5) is 21.3. The van der Waals surface area contributed by atoms with E-state index in [-0.39, 0.29) is 28.0 Å². The number of thiazole rings is 1. The molecule has 0 aliphatic heterocycles. The molecule has 0 saturated heterocycles. The lowest BCUT2D eigenvalue weighted by Crippen LogP contribution is -2.16. The summed E-state index contributed by atoms with van der Waals surface area (Å²) in [6.45, 7) is 9.31. The number of benzene rings is 1. The molecule has 3 aromatic rings. The first-order valence-electron chi connectivity index (χ1n) is 10.2. The molecule has 9 heteroatoms. The minimum atomic E-state index is -1.19. The van der Waals surface area contributed by atoms with Crippen LogP contribution in [0.4, 0.5) is 9.52 Å². The molecule has 6 nitrogen and oxygen atoms in total. The van der Waals surface area contributed by atoms with Crippen LogP contribution < -0.4 is 5.32 Å². The highest BCUT2D eigenvalue weighted by Gasteiger charge is 2.22. The van der Waals surface area contributed by atoms with Crippen molar-refractivity contribution in [3.63, 3.8) is 0 Å². The zero-order valence-electron chi connectivity index (χ0n) is 19.0. The second-order valence-corrected chi connectivity index (χ2v) is 10.6. The molecule has 0 unspecified atom stereocenters. The number of carboxylic acids is 1. The van der Waals surface area contributed by atoms with Crippen LogP contribution in [-0.2, 0) is 4.79 Å². The zero-order chi connectivity index (χ0) is 24.3. The molecule has 172 valence electrons. The van der Waals surface area contributed by atoms with Gasteiger partial charge < -0.3 is 15.8 Å². The largest absolute Gasteiger partial charge is 0.477 e. The van der Waals surface area contributed by atoms with E-state index in [0.717, 1.165) is 21.2 Å². The van der Waals surface area contributed by atoms with Gasteiger partial charge in [-0.15, -0.1) is 11.8 Å². The van der Waals surface area contributed by atoms with Crippen LogP contribution in [0.25, 0.3) is 16.8 Å². The van der Waals surface area contributed by atoms with Crippen molar-refractivity contribution in [2.75, 3.05) is 5.32 Å². The van der Waals surface area contributed by atoms with E-state index in [9.17, 15) is 14.3 Å². The molecule has 3 N–H and O–H groups in total. The Labute approximate surface area is 200 Å². The zero-order valence-corrected chi connectivity index (χ0v) is 20.6. The number of thioether (sulfide) groups is 1. The molecule has 2 aromatic heterocycles. The molecule has 1 aromatic carbocycles. The number of carbonyl (C=O) groups is 1. The summed E-state index contributed by atoms with van der Waals surface area (Å²) in [5, 5.41) is 21.9. The lowest BCUT2D eigenvalue weighted by Gasteiger charge is -2.13. The average molecular weight is 485 g/mol. The average Bonchev–Trinajstić information content (AvgIpc) is 3.08. The normalized spacial score (nSPS) is 12.0. The van der Waals surface area contributed by atoms with Crippen molar-refractivity contribution in [1.29, 1.82) is 5.41 Å². The molecule has 33 heavy (non-hydrogen) atoms. The molecule has 0 aliphatic rings. The highest BCUT2D eigenvalue weighted by atomic mass is 32.2. The van der Waals surface area contributed by atoms with Crippen molar-refractivity contribution in [3.05, 3.63) is 64.9 Å². The third-order valence-corrected chi connectivity index (χ3v) is 6.68. The smallest absolute Gasteiger partial charge is 0.353 e. The fourth-order valence-electron chi connectivity index (χ4n) is 3.30. The number of nitrogens with one attached hydrogen (secondary N) is 2. The van der Waals surface area contributed by atoms with Crippen molar-refractivity contribution >= 4 is 45.5 Å². The second kappa shape index (κ2) is 10.3. The van der Waals surface area contributed by atoms with Gasteiger partial charge in [-0.25, -0.2) is 14.2 Å². The minimum absolute atomic E-state index is 0.108. The van der Waals surface area contributed by atoms with E-state index in [4.69, 9.17) is 5.41 Å². The summed E-state index contributed by atoms with van der Waals surface area (Å²) in [6.07, 6.45) is 0. The number of aliphatic carboxylic acids is 1. The molecule has 0 radical (unpaired) electrons. The third kappa shape index (κ3) is 6.06.